The quantitative estimate of drug-likeness (QED) is 0.770. The van der Waals surface area contributed by atoms with Gasteiger partial charge in [0.2, 0.25) is 0 Å². The third kappa shape index (κ3) is 4.58. The SMILES string of the molecule is CC(C)c1ccc(CSCc2ccccc2C(N)=S)cc1. The second kappa shape index (κ2) is 7.62. The molecule has 0 aliphatic carbocycles. The lowest BCUT2D eigenvalue weighted by atomic mass is 10.0. The first kappa shape index (κ1) is 16.1. The van der Waals surface area contributed by atoms with Gasteiger partial charge >= 0.3 is 0 Å². The molecule has 2 N–H and O–H groups in total. The second-order valence-electron chi connectivity index (χ2n) is 5.41. The van der Waals surface area contributed by atoms with Crippen molar-refractivity contribution in [2.75, 3.05) is 0 Å². The molecule has 21 heavy (non-hydrogen) atoms. The Bertz CT molecular complexity index is 603. The first-order valence-electron chi connectivity index (χ1n) is 7.12. The summed E-state index contributed by atoms with van der Waals surface area (Å²) >= 11 is 6.99. The lowest BCUT2D eigenvalue weighted by Gasteiger charge is -2.09. The van der Waals surface area contributed by atoms with Gasteiger partial charge in [0.15, 0.2) is 0 Å². The number of thioether (sulfide) groups is 1. The van der Waals surface area contributed by atoms with Gasteiger partial charge in [-0.05, 0) is 22.6 Å². The van der Waals surface area contributed by atoms with Crippen molar-refractivity contribution in [2.45, 2.75) is 31.3 Å². The predicted molar refractivity (Wildman–Crippen MR) is 97.9 cm³/mol. The summed E-state index contributed by atoms with van der Waals surface area (Å²) in [5.74, 6) is 2.52. The van der Waals surface area contributed by atoms with Crippen LogP contribution in [0.4, 0.5) is 0 Å². The lowest BCUT2D eigenvalue weighted by Crippen LogP contribution is -2.11. The van der Waals surface area contributed by atoms with E-state index in [0.717, 1.165) is 17.1 Å². The minimum Gasteiger partial charge on any atom is -0.389 e. The van der Waals surface area contributed by atoms with Crippen LogP contribution >= 0.6 is 24.0 Å². The van der Waals surface area contributed by atoms with Crippen molar-refractivity contribution in [2.24, 2.45) is 5.73 Å². The van der Waals surface area contributed by atoms with Crippen molar-refractivity contribution < 1.29 is 0 Å². The van der Waals surface area contributed by atoms with Crippen molar-refractivity contribution in [3.63, 3.8) is 0 Å². The van der Waals surface area contributed by atoms with Crippen molar-refractivity contribution in [3.8, 4) is 0 Å². The lowest BCUT2D eigenvalue weighted by molar-refractivity contribution is 0.866. The van der Waals surface area contributed by atoms with E-state index in [9.17, 15) is 0 Å². The molecule has 0 aromatic heterocycles. The average Bonchev–Trinajstić information content (AvgIpc) is 2.48. The van der Waals surface area contributed by atoms with Gasteiger partial charge in [-0.2, -0.15) is 11.8 Å². The van der Waals surface area contributed by atoms with E-state index >= 15 is 0 Å². The van der Waals surface area contributed by atoms with Gasteiger partial charge < -0.3 is 5.73 Å². The molecule has 0 atom stereocenters. The van der Waals surface area contributed by atoms with Gasteiger partial charge in [0, 0.05) is 17.1 Å². The van der Waals surface area contributed by atoms with E-state index in [1.165, 1.54) is 16.7 Å². The molecule has 0 saturated carbocycles. The van der Waals surface area contributed by atoms with Crippen LogP contribution in [-0.2, 0) is 11.5 Å². The zero-order valence-corrected chi connectivity index (χ0v) is 14.1. The van der Waals surface area contributed by atoms with Crippen LogP contribution in [-0.4, -0.2) is 4.99 Å². The third-order valence-electron chi connectivity index (χ3n) is 3.46. The normalized spacial score (nSPS) is 10.8. The Hall–Kier alpha value is -1.32. The van der Waals surface area contributed by atoms with E-state index in [4.69, 9.17) is 18.0 Å². The maximum atomic E-state index is 5.76. The molecule has 2 rings (SSSR count). The standard InChI is InChI=1S/C18H21NS2/c1-13(2)15-9-7-14(8-10-15)11-21-12-16-5-3-4-6-17(16)18(19)20/h3-10,13H,11-12H2,1-2H3,(H2,19,20). The number of nitrogens with two attached hydrogens (primary N) is 1. The van der Waals surface area contributed by atoms with Gasteiger partial charge in [0.25, 0.3) is 0 Å². The molecule has 0 amide bonds. The average molecular weight is 316 g/mol. The molecule has 0 radical (unpaired) electrons. The Morgan fingerprint density at radius 3 is 2.33 bits per heavy atom. The smallest absolute Gasteiger partial charge is 0.104 e. The third-order valence-corrected chi connectivity index (χ3v) is 4.73. The molecule has 1 nitrogen and oxygen atoms in total. The highest BCUT2D eigenvalue weighted by molar-refractivity contribution is 7.97. The van der Waals surface area contributed by atoms with Crippen molar-refractivity contribution in [1.82, 2.24) is 0 Å². The first-order chi connectivity index (χ1) is 10.1. The molecule has 0 saturated heterocycles. The fraction of sp³-hybridized carbons (Fsp3) is 0.278. The Kier molecular flexibility index (Phi) is 5.83. The molecule has 0 fully saturated rings. The first-order valence-corrected chi connectivity index (χ1v) is 8.68. The maximum Gasteiger partial charge on any atom is 0.104 e. The summed E-state index contributed by atoms with van der Waals surface area (Å²) in [4.78, 5) is 0.479. The van der Waals surface area contributed by atoms with Crippen LogP contribution in [0.3, 0.4) is 0 Å². The molecule has 2 aromatic carbocycles. The highest BCUT2D eigenvalue weighted by Crippen LogP contribution is 2.22. The minimum atomic E-state index is 0.479. The molecule has 0 bridgehead atoms. The van der Waals surface area contributed by atoms with Crippen molar-refractivity contribution in [3.05, 3.63) is 70.8 Å². The topological polar surface area (TPSA) is 26.0 Å². The summed E-state index contributed by atoms with van der Waals surface area (Å²) < 4.78 is 0. The molecule has 0 aliphatic heterocycles. The predicted octanol–water partition coefficient (Wildman–Crippen LogP) is 4.88. The van der Waals surface area contributed by atoms with Gasteiger partial charge in [0.1, 0.15) is 4.99 Å². The Labute approximate surface area is 136 Å². The van der Waals surface area contributed by atoms with Gasteiger partial charge in [-0.25, -0.2) is 0 Å². The Morgan fingerprint density at radius 1 is 1.05 bits per heavy atom. The van der Waals surface area contributed by atoms with Crippen LogP contribution in [0.25, 0.3) is 0 Å². The summed E-state index contributed by atoms with van der Waals surface area (Å²) in [5, 5.41) is 0. The highest BCUT2D eigenvalue weighted by atomic mass is 32.2. The summed E-state index contributed by atoms with van der Waals surface area (Å²) in [6, 6.07) is 17.0. The molecule has 0 heterocycles. The minimum absolute atomic E-state index is 0.479. The van der Waals surface area contributed by atoms with Crippen LogP contribution in [0.5, 0.6) is 0 Å². The fourth-order valence-electron chi connectivity index (χ4n) is 2.16. The van der Waals surface area contributed by atoms with Gasteiger partial charge in [-0.1, -0.05) is 74.6 Å². The van der Waals surface area contributed by atoms with E-state index in [0.29, 0.717) is 10.9 Å². The molecule has 2 aromatic rings. The zero-order chi connectivity index (χ0) is 15.2. The molecule has 0 unspecified atom stereocenters. The van der Waals surface area contributed by atoms with E-state index in [-0.39, 0.29) is 0 Å². The number of rotatable bonds is 6. The summed E-state index contributed by atoms with van der Waals surface area (Å²) in [5.41, 5.74) is 10.7. The summed E-state index contributed by atoms with van der Waals surface area (Å²) in [6.07, 6.45) is 0. The zero-order valence-electron chi connectivity index (χ0n) is 12.5. The summed E-state index contributed by atoms with van der Waals surface area (Å²) in [7, 11) is 0. The molecule has 0 aliphatic rings. The van der Waals surface area contributed by atoms with Crippen LogP contribution in [0.2, 0.25) is 0 Å². The van der Waals surface area contributed by atoms with Gasteiger partial charge in [0.05, 0.1) is 0 Å². The molecular weight excluding hydrogens is 294 g/mol. The second-order valence-corrected chi connectivity index (χ2v) is 6.84. The Balaban J connectivity index is 1.94. The van der Waals surface area contributed by atoms with E-state index < -0.39 is 0 Å². The van der Waals surface area contributed by atoms with Crippen molar-refractivity contribution in [1.29, 1.82) is 0 Å². The Morgan fingerprint density at radius 2 is 1.71 bits per heavy atom. The van der Waals surface area contributed by atoms with E-state index in [1.54, 1.807) is 0 Å². The number of hydrogen-bond donors (Lipinski definition) is 1. The van der Waals surface area contributed by atoms with Crippen LogP contribution in [0, 0.1) is 0 Å². The molecule has 0 spiro atoms. The number of thiocarbonyl (C=S) groups is 1. The number of hydrogen-bond acceptors (Lipinski definition) is 2. The number of benzene rings is 2. The fourth-order valence-corrected chi connectivity index (χ4v) is 3.37. The highest BCUT2D eigenvalue weighted by Gasteiger charge is 2.05. The summed E-state index contributed by atoms with van der Waals surface area (Å²) in [6.45, 7) is 4.44. The van der Waals surface area contributed by atoms with Gasteiger partial charge in [-0.15, -0.1) is 0 Å². The van der Waals surface area contributed by atoms with E-state index in [1.807, 2.05) is 30.0 Å². The van der Waals surface area contributed by atoms with Crippen LogP contribution < -0.4 is 5.73 Å². The van der Waals surface area contributed by atoms with E-state index in [2.05, 4.69) is 44.2 Å². The van der Waals surface area contributed by atoms with Gasteiger partial charge in [-0.3, -0.25) is 0 Å². The molecule has 110 valence electrons. The van der Waals surface area contributed by atoms with Crippen LogP contribution in [0.1, 0.15) is 42.0 Å². The van der Waals surface area contributed by atoms with Crippen molar-refractivity contribution >= 4 is 29.0 Å². The molecular formula is C18H21NS2. The van der Waals surface area contributed by atoms with Crippen LogP contribution in [0.15, 0.2) is 48.5 Å². The monoisotopic (exact) mass is 315 g/mol. The largest absolute Gasteiger partial charge is 0.389 e. The maximum absolute atomic E-state index is 5.76. The molecule has 3 heteroatoms.